The van der Waals surface area contributed by atoms with Crippen LogP contribution in [0.5, 0.6) is 34.5 Å². The van der Waals surface area contributed by atoms with Crippen molar-refractivity contribution in [1.29, 1.82) is 0 Å². The minimum Gasteiger partial charge on any atom is 1.00 e. The number of carboxylic acids is 3. The summed E-state index contributed by atoms with van der Waals surface area (Å²) in [5.41, 5.74) is 6.91. The Labute approximate surface area is 903 Å². The third-order valence-electron chi connectivity index (χ3n) is 23.8. The normalized spacial score (nSPS) is 17.6. The minimum absolute atomic E-state index is 0. The third-order valence-corrected chi connectivity index (χ3v) is 29.3. The molecule has 6 heterocycles. The van der Waals surface area contributed by atoms with Crippen LogP contribution in [-0.4, -0.2) is 180 Å². The number of aromatic carboxylic acids is 2. The largest absolute Gasteiger partial charge is 1.00 e. The van der Waals surface area contributed by atoms with Gasteiger partial charge in [-0.15, -0.1) is 0 Å². The van der Waals surface area contributed by atoms with Crippen molar-refractivity contribution < 1.29 is 217 Å². The molecular formula is C91H102Cl4F6KN6O29PS6-6. The molecule has 0 fully saturated rings. The molecule has 0 saturated heterocycles. The Morgan fingerprint density at radius 3 is 1.17 bits per heavy atom. The van der Waals surface area contributed by atoms with Gasteiger partial charge in [-0.2, -0.15) is 13.0 Å². The van der Waals surface area contributed by atoms with Gasteiger partial charge in [-0.05, 0) is 158 Å². The van der Waals surface area contributed by atoms with E-state index < -0.39 is 101 Å². The number of anilines is 2. The predicted octanol–water partition coefficient (Wildman–Crippen LogP) is 7.85. The topological polar surface area (TPSA) is 489 Å². The van der Waals surface area contributed by atoms with E-state index in [4.69, 9.17) is 75.3 Å². The van der Waals surface area contributed by atoms with Gasteiger partial charge >= 0.3 is 96.4 Å². The number of carbonyl (C=O) groups excluding carboxylic acids is 4. The van der Waals surface area contributed by atoms with Crippen molar-refractivity contribution in [1.82, 2.24) is 14.1 Å². The molecule has 4 unspecified atom stereocenters. The summed E-state index contributed by atoms with van der Waals surface area (Å²) in [6, 6.07) is 33.8. The Hall–Kier alpha value is -7.32. The first kappa shape index (κ1) is 125. The average Bonchev–Trinajstić information content (AvgIpc) is 0.717. The Bertz CT molecular complexity index is 6580. The molecule has 8 aromatic carbocycles. The molecule has 0 spiro atoms. The summed E-state index contributed by atoms with van der Waals surface area (Å²) in [6.45, 7) is 18.7. The molecule has 0 bridgehead atoms. The van der Waals surface area contributed by atoms with E-state index in [9.17, 15) is 104 Å². The minimum atomic E-state index is -10.7. The van der Waals surface area contributed by atoms with Crippen LogP contribution in [-0.2, 0) is 68.1 Å². The molecule has 0 radical (unpaired) electrons. The van der Waals surface area contributed by atoms with Gasteiger partial charge in [0.05, 0.1) is 110 Å². The zero-order valence-electron chi connectivity index (χ0n) is 79.2. The molecule has 6 aliphatic rings. The fourth-order valence-electron chi connectivity index (χ4n) is 17.2. The number of amidine groups is 1. The predicted molar refractivity (Wildman–Crippen MR) is 514 cm³/mol. The van der Waals surface area contributed by atoms with Crippen LogP contribution in [0.25, 0.3) is 11.1 Å². The number of ether oxygens (including phenoxy) is 4. The van der Waals surface area contributed by atoms with Crippen LogP contribution < -0.4 is 142 Å². The zero-order chi connectivity index (χ0) is 106. The van der Waals surface area contributed by atoms with Crippen LogP contribution in [0.3, 0.4) is 0 Å². The van der Waals surface area contributed by atoms with Gasteiger partial charge in [0.25, 0.3) is 0 Å². The van der Waals surface area contributed by atoms with E-state index in [1.165, 1.54) is 31.2 Å². The first-order chi connectivity index (χ1) is 64.8. The maximum absolute atomic E-state index is 12.5. The number of hydrogen-bond donors (Lipinski definition) is 0. The molecule has 4 atom stereocenters. The molecule has 0 aromatic heterocycles. The quantitative estimate of drug-likeness (QED) is 0.00497. The molecule has 144 heavy (non-hydrogen) atoms. The maximum Gasteiger partial charge on any atom is 1.00 e. The Morgan fingerprint density at radius 1 is 0.514 bits per heavy atom. The summed E-state index contributed by atoms with van der Waals surface area (Å²) in [5.74, 6) is -3.79. The van der Waals surface area contributed by atoms with E-state index in [2.05, 4.69) is 74.8 Å². The van der Waals surface area contributed by atoms with Crippen LogP contribution in [0.4, 0.5) is 36.6 Å². The van der Waals surface area contributed by atoms with Crippen molar-refractivity contribution in [2.45, 2.75) is 165 Å². The zero-order valence-corrected chi connectivity index (χ0v) is 91.2. The van der Waals surface area contributed by atoms with E-state index in [0.29, 0.717) is 125 Å². The number of fused-ring (bicyclic) bond motifs is 8. The number of aliphatic carboxylic acids is 1. The summed E-state index contributed by atoms with van der Waals surface area (Å²) in [6.07, 6.45) is 2.30. The van der Waals surface area contributed by atoms with Gasteiger partial charge in [0.1, 0.15) is 47.2 Å². The number of carbonyl (C=O) groups is 4. The Balaban J connectivity index is 0.000000303. The molecule has 8 aromatic rings. The van der Waals surface area contributed by atoms with Gasteiger partial charge in [-0.25, -0.2) is 43.9 Å². The van der Waals surface area contributed by atoms with Crippen LogP contribution in [0.15, 0.2) is 131 Å². The monoisotopic (exact) mass is 2260 g/mol. The van der Waals surface area contributed by atoms with Gasteiger partial charge in [0.15, 0.2) is 22.6 Å². The number of halogens is 10. The first-order valence-corrected chi connectivity index (χ1v) is 52.3. The second-order valence-electron chi connectivity index (χ2n) is 36.0. The third kappa shape index (κ3) is 32.4. The molecule has 53 heteroatoms. The molecule has 6 aliphatic heterocycles. The molecule has 0 amide bonds. The molecule has 0 aliphatic carbocycles. The van der Waals surface area contributed by atoms with Crippen molar-refractivity contribution in [3.63, 3.8) is 0 Å². The van der Waals surface area contributed by atoms with E-state index in [1.54, 1.807) is 74.1 Å². The van der Waals surface area contributed by atoms with E-state index in [0.717, 1.165) is 89.2 Å². The molecule has 0 N–H and O–H groups in total. The second-order valence-corrected chi connectivity index (χ2v) is 46.0. The average molecular weight is 2260 g/mol. The van der Waals surface area contributed by atoms with Crippen LogP contribution >= 0.6 is 90.3 Å². The van der Waals surface area contributed by atoms with Crippen molar-refractivity contribution in [3.05, 3.63) is 218 Å². The smallest absolute Gasteiger partial charge is 1.00 e. The number of hydrogen-bond acceptors (Lipinski definition) is 34. The van der Waals surface area contributed by atoms with Crippen molar-refractivity contribution >= 4 is 173 Å². The number of nitrogens with zero attached hydrogens (tertiary/aromatic N) is 6. The first-order valence-electron chi connectivity index (χ1n) is 41.6. The molecule has 35 nitrogen and oxygen atoms in total. The van der Waals surface area contributed by atoms with Crippen molar-refractivity contribution in [3.8, 4) is 34.5 Å². The van der Waals surface area contributed by atoms with Crippen LogP contribution in [0, 0.1) is 0 Å². The molecule has 788 valence electrons. The number of esters is 1. The van der Waals surface area contributed by atoms with Crippen LogP contribution in [0.1, 0.15) is 199 Å². The van der Waals surface area contributed by atoms with Gasteiger partial charge in [0.2, 0.25) is 10.7 Å². The summed E-state index contributed by atoms with van der Waals surface area (Å²) in [7, 11) is -9.52. The van der Waals surface area contributed by atoms with Crippen LogP contribution in [0.2, 0.25) is 20.1 Å². The summed E-state index contributed by atoms with van der Waals surface area (Å²) in [5, 5.41) is 77.7. The summed E-state index contributed by atoms with van der Waals surface area (Å²) in [4.78, 5) is 50.5. The molecule has 14 rings (SSSR count). The fourth-order valence-corrected chi connectivity index (χ4v) is 22.2. The summed E-state index contributed by atoms with van der Waals surface area (Å²) < 4.78 is 207. The Morgan fingerprint density at radius 2 is 0.854 bits per heavy atom. The van der Waals surface area contributed by atoms with Gasteiger partial charge in [-0.1, -0.05) is 110 Å². The number of benzene rings is 8. The van der Waals surface area contributed by atoms with E-state index >= 15 is 0 Å². The number of rotatable bonds is 22. The van der Waals surface area contributed by atoms with Gasteiger partial charge in [-0.3, -0.25) is 19.9 Å². The van der Waals surface area contributed by atoms with Crippen molar-refractivity contribution in [2.75, 3.05) is 89.2 Å². The standard InChI is InChI=1S/2C34H38N2O9S2.C11H14Cl2N2O4S.C8H6Cl2O5S.C2H4O2.2CH4.F6P.K/c2*1-33(2)15-19(17-46-45-44-39)23-11-25-29(13-27(23)35(33)5)43-30-14-28-24(20(18-47(40,41)42)16-34(3,4)36(28)6)12-26(30)31(25)21-9-7-8-10-22(21)32(37)38;1-14(2)11(15(3)4)19-10-8(12)5-7(6-9(10)13)20(16,17)18;1-4(11)13-8-6(9)2-5(3-7(8)10)16-15-14-12;1-2(3)4;;;1-7(2,3,4,5)6;/h2*7-14,19-20H,15-18H2,1-6H3,(H2-,37,38,39,40,41,42);5-6H,1-4H3;2-3,12H,1H3;1H3,(H,3,4);2*1H4;;/q;;;;;;;-1;+1/p-6. The Kier molecular flexibility index (Phi) is 42.1. The second kappa shape index (κ2) is 48.3. The van der Waals surface area contributed by atoms with Gasteiger partial charge < -0.3 is 87.9 Å². The van der Waals surface area contributed by atoms with Gasteiger partial charge in [0, 0.05) is 193 Å². The van der Waals surface area contributed by atoms with Crippen molar-refractivity contribution in [2.24, 2.45) is 0 Å². The SMILES string of the molecule is C.C.CC(=O)Oc1c(Cl)cc(SOO[O-])cc1Cl.CC(=O)[O-].CN(C)C(Oc1c(Cl)cc(S(=O)(=O)[O-])cc1Cl)=[N+](C)C.CN1c2cc3c(cc2C(CSOO[O-])CC1(C)C)C(c1ccccc1C(=O)[O-])=c1cc2c(cc1O3)=[N+](C)C(C)(C)CC2CS(=O)(=O)[O-].CN1c2cc3c(cc2C(CSOO[O-])CC1(C)C)C(c1ccccc1C(=O)[O-])=c1cc2c(cc1O3)=[N+](C)C(C)(C)CC2CS(=O)(=O)[O-].F[P-](F)(F)(F)(F)F.[K+]. The molecule has 0 saturated carbocycles. The number of carboxylic acid groups (broad SMARTS) is 3. The fraction of sp³-hybridized carbons (Fsp3) is 0.396. The van der Waals surface area contributed by atoms with E-state index in [1.807, 2.05) is 104 Å². The summed E-state index contributed by atoms with van der Waals surface area (Å²) >= 11 is 25.9. The maximum atomic E-state index is 12.5. The molecular weight excluding hydrogens is 2160 g/mol. The van der Waals surface area contributed by atoms with E-state index in [-0.39, 0.29) is 132 Å².